The molecule has 0 spiro atoms. The number of hydrogen-bond acceptors (Lipinski definition) is 3. The van der Waals surface area contributed by atoms with E-state index >= 15 is 0 Å². The Kier molecular flexibility index (Phi) is 6.61. The van der Waals surface area contributed by atoms with E-state index in [1.807, 2.05) is 42.5 Å². The van der Waals surface area contributed by atoms with E-state index in [0.29, 0.717) is 5.69 Å². The molecule has 0 saturated carbocycles. The van der Waals surface area contributed by atoms with Crippen molar-refractivity contribution in [2.45, 2.75) is 33.0 Å². The third-order valence-corrected chi connectivity index (χ3v) is 7.64. The van der Waals surface area contributed by atoms with E-state index in [9.17, 15) is 0 Å². The summed E-state index contributed by atoms with van der Waals surface area (Å²) in [5.41, 5.74) is 8.08. The Morgan fingerprint density at radius 1 is 0.744 bits per heavy atom. The minimum atomic E-state index is -2.17. The number of hydrogen-bond donors (Lipinski definition) is 0. The summed E-state index contributed by atoms with van der Waals surface area (Å²) in [6, 6.07) is 35.2. The second-order valence-corrected chi connectivity index (χ2v) is 11.5. The SMILES string of the molecule is [2H]C([2H])([2H])c1ccc(-c2[c-]nc3c(c2)c2cc(C(C)(C)C)cc4c5ccccc5n3c42)nc1.[Ir].[c-]1ccccc1-c1ccccn1. The molecule has 0 atom stereocenters. The van der Waals surface area contributed by atoms with Crippen LogP contribution in [-0.2, 0) is 25.5 Å². The molecule has 0 aliphatic rings. The van der Waals surface area contributed by atoms with Gasteiger partial charge in [-0.05, 0) is 70.6 Å². The molecule has 0 fully saturated rings. The first-order valence-corrected chi connectivity index (χ1v) is 14.0. The second-order valence-electron chi connectivity index (χ2n) is 11.5. The summed E-state index contributed by atoms with van der Waals surface area (Å²) in [5, 5.41) is 4.65. The molecule has 0 amide bonds. The smallest absolute Gasteiger partial charge is 0.0604 e. The molecule has 3 aromatic carbocycles. The van der Waals surface area contributed by atoms with Gasteiger partial charge in [-0.1, -0.05) is 68.6 Å². The van der Waals surface area contributed by atoms with Crippen LogP contribution in [0.25, 0.3) is 60.7 Å². The van der Waals surface area contributed by atoms with Gasteiger partial charge in [0.25, 0.3) is 0 Å². The van der Waals surface area contributed by atoms with Gasteiger partial charge in [0.2, 0.25) is 0 Å². The van der Waals surface area contributed by atoms with Gasteiger partial charge in [-0.3, -0.25) is 0 Å². The summed E-state index contributed by atoms with van der Waals surface area (Å²) in [7, 11) is 0. The third-order valence-electron chi connectivity index (χ3n) is 7.64. The maximum Gasteiger partial charge on any atom is 0.0604 e. The molecule has 0 saturated heterocycles. The van der Waals surface area contributed by atoms with Crippen molar-refractivity contribution >= 4 is 38.2 Å². The number of para-hydroxylation sites is 1. The minimum absolute atomic E-state index is 0. The molecule has 4 nitrogen and oxygen atoms in total. The molecule has 8 aromatic rings. The largest absolute Gasteiger partial charge is 0.335 e. The zero-order valence-electron chi connectivity index (χ0n) is 27.0. The fourth-order valence-electron chi connectivity index (χ4n) is 5.50. The maximum absolute atomic E-state index is 7.58. The van der Waals surface area contributed by atoms with Gasteiger partial charge >= 0.3 is 0 Å². The van der Waals surface area contributed by atoms with E-state index in [0.717, 1.165) is 38.8 Å². The number of nitrogens with zero attached hydrogens (tertiary/aromatic N) is 4. The van der Waals surface area contributed by atoms with E-state index in [-0.39, 0.29) is 31.1 Å². The number of aryl methyl sites for hydroxylation is 1. The van der Waals surface area contributed by atoms with Crippen LogP contribution in [-0.4, -0.2) is 19.4 Å². The van der Waals surface area contributed by atoms with Crippen molar-refractivity contribution in [3.05, 3.63) is 133 Å². The minimum Gasteiger partial charge on any atom is -0.335 e. The fourth-order valence-corrected chi connectivity index (χ4v) is 5.50. The Balaban J connectivity index is 0.000000241. The Labute approximate surface area is 269 Å². The monoisotopic (exact) mass is 738 g/mol. The van der Waals surface area contributed by atoms with E-state index < -0.39 is 6.85 Å². The quantitative estimate of drug-likeness (QED) is 0.166. The van der Waals surface area contributed by atoms with Crippen molar-refractivity contribution in [1.82, 2.24) is 19.4 Å². The summed E-state index contributed by atoms with van der Waals surface area (Å²) in [5.74, 6) is 0. The molecule has 5 heterocycles. The van der Waals surface area contributed by atoms with Crippen molar-refractivity contribution in [3.8, 4) is 22.5 Å². The van der Waals surface area contributed by atoms with Gasteiger partial charge < -0.3 is 19.4 Å². The van der Waals surface area contributed by atoms with Gasteiger partial charge in [-0.25, -0.2) is 0 Å². The predicted octanol–water partition coefficient (Wildman–Crippen LogP) is 9.25. The average Bonchev–Trinajstić information content (AvgIpc) is 3.56. The molecule has 8 rings (SSSR count). The maximum atomic E-state index is 7.58. The molecule has 0 bridgehead atoms. The van der Waals surface area contributed by atoms with Crippen molar-refractivity contribution in [2.24, 2.45) is 0 Å². The van der Waals surface area contributed by atoms with Gasteiger partial charge in [-0.15, -0.1) is 47.5 Å². The normalized spacial score (nSPS) is 12.9. The molecular formula is C38H30IrN4-2. The Morgan fingerprint density at radius 2 is 1.51 bits per heavy atom. The van der Waals surface area contributed by atoms with E-state index in [1.165, 1.54) is 28.0 Å². The first-order chi connectivity index (χ1) is 21.6. The van der Waals surface area contributed by atoms with Crippen molar-refractivity contribution < 1.29 is 24.2 Å². The molecule has 0 unspecified atom stereocenters. The third kappa shape index (κ3) is 5.20. The van der Waals surface area contributed by atoms with E-state index in [4.69, 9.17) is 9.10 Å². The molecule has 213 valence electrons. The number of aromatic nitrogens is 4. The molecule has 1 radical (unpaired) electrons. The molecule has 43 heavy (non-hydrogen) atoms. The molecular weight excluding hydrogens is 705 g/mol. The van der Waals surface area contributed by atoms with Crippen LogP contribution in [0, 0.1) is 19.1 Å². The van der Waals surface area contributed by atoms with Gasteiger partial charge in [0, 0.05) is 52.9 Å². The molecule has 0 N–H and O–H groups in total. The van der Waals surface area contributed by atoms with Gasteiger partial charge in [0.1, 0.15) is 0 Å². The Morgan fingerprint density at radius 3 is 2.21 bits per heavy atom. The van der Waals surface area contributed by atoms with Crippen LogP contribution in [0.15, 0.2) is 109 Å². The van der Waals surface area contributed by atoms with Crippen LogP contribution in [0.3, 0.4) is 0 Å². The Bertz CT molecular complexity index is 2240. The first kappa shape index (κ1) is 25.1. The summed E-state index contributed by atoms with van der Waals surface area (Å²) in [6.45, 7) is 4.52. The van der Waals surface area contributed by atoms with Crippen LogP contribution in [0.5, 0.6) is 0 Å². The summed E-state index contributed by atoms with van der Waals surface area (Å²) in [4.78, 5) is 13.4. The molecule has 5 heteroatoms. The summed E-state index contributed by atoms with van der Waals surface area (Å²) >= 11 is 0. The van der Waals surface area contributed by atoms with E-state index in [1.54, 1.807) is 18.3 Å². The van der Waals surface area contributed by atoms with Crippen LogP contribution in [0.1, 0.15) is 36.0 Å². The predicted molar refractivity (Wildman–Crippen MR) is 173 cm³/mol. The standard InChI is InChI=1S/C27H22N3.C11H8N.Ir/c1-16-9-10-23(28-14-16)17-11-22-21-13-18(27(2,3)4)12-20-19-7-5-6-8-24(19)30(25(20)21)26(22)29-15-17;1-2-6-10(7-3-1)11-8-4-5-9-12-11;/h5-14H,1-4H3;1-6,8-9H;/q2*-1;/i1D3;;. The summed E-state index contributed by atoms with van der Waals surface area (Å²) < 4.78 is 25.0. The van der Waals surface area contributed by atoms with Gasteiger partial charge in [0.15, 0.2) is 0 Å². The number of rotatable bonds is 2. The second kappa shape index (κ2) is 11.3. The van der Waals surface area contributed by atoms with Crippen LogP contribution >= 0.6 is 0 Å². The molecule has 0 aliphatic carbocycles. The van der Waals surface area contributed by atoms with Gasteiger partial charge in [-0.2, -0.15) is 0 Å². The zero-order valence-corrected chi connectivity index (χ0v) is 26.4. The zero-order chi connectivity index (χ0) is 31.3. The van der Waals surface area contributed by atoms with Crippen molar-refractivity contribution in [3.63, 3.8) is 0 Å². The van der Waals surface area contributed by atoms with Crippen LogP contribution in [0.4, 0.5) is 0 Å². The molecule has 0 aliphatic heterocycles. The topological polar surface area (TPSA) is 43.1 Å². The van der Waals surface area contributed by atoms with E-state index in [2.05, 4.69) is 89.9 Å². The summed E-state index contributed by atoms with van der Waals surface area (Å²) in [6.07, 6.45) is 6.35. The fraction of sp³-hybridized carbons (Fsp3) is 0.132. The van der Waals surface area contributed by atoms with Crippen LogP contribution < -0.4 is 0 Å². The van der Waals surface area contributed by atoms with Crippen molar-refractivity contribution in [1.29, 1.82) is 0 Å². The number of benzene rings is 3. The number of fused-ring (bicyclic) bond motifs is 6. The van der Waals surface area contributed by atoms with Gasteiger partial charge in [0.05, 0.1) is 11.2 Å². The Hall–Kier alpha value is -4.44. The van der Waals surface area contributed by atoms with Crippen molar-refractivity contribution in [2.75, 3.05) is 0 Å². The van der Waals surface area contributed by atoms with Crippen LogP contribution in [0.2, 0.25) is 0 Å². The molecule has 5 aromatic heterocycles. The number of pyridine rings is 3. The first-order valence-electron chi connectivity index (χ1n) is 15.5. The average molecular weight is 738 g/mol.